The van der Waals surface area contributed by atoms with Crippen LogP contribution in [0, 0.1) is 6.92 Å². The molecule has 0 aliphatic carbocycles. The van der Waals surface area contributed by atoms with Crippen LogP contribution in [0.2, 0.25) is 0 Å². The minimum absolute atomic E-state index is 0. The first-order chi connectivity index (χ1) is 10.7. The lowest BCUT2D eigenvalue weighted by Gasteiger charge is -2.04. The molecule has 0 saturated heterocycles. The summed E-state index contributed by atoms with van der Waals surface area (Å²) in [5.74, 6) is 1.84. The molecule has 120 valence electrons. The Labute approximate surface area is 150 Å². The summed E-state index contributed by atoms with van der Waals surface area (Å²) in [5.41, 5.74) is 3.48. The highest BCUT2D eigenvalue weighted by Gasteiger charge is 2.07. The van der Waals surface area contributed by atoms with Gasteiger partial charge in [0.25, 0.3) is 0 Å². The van der Waals surface area contributed by atoms with Crippen LogP contribution in [0.3, 0.4) is 0 Å². The van der Waals surface area contributed by atoms with E-state index in [1.54, 1.807) is 6.20 Å². The van der Waals surface area contributed by atoms with Crippen LogP contribution in [0.4, 0.5) is 0 Å². The van der Waals surface area contributed by atoms with E-state index in [0.29, 0.717) is 6.54 Å². The van der Waals surface area contributed by atoms with E-state index in [4.69, 9.17) is 4.42 Å². The Kier molecular flexibility index (Phi) is 6.39. The first-order valence-corrected chi connectivity index (χ1v) is 7.96. The smallest absolute Gasteiger partial charge is 0.134 e. The number of benzene rings is 1. The minimum atomic E-state index is 0. The van der Waals surface area contributed by atoms with E-state index in [9.17, 15) is 0 Å². The number of rotatable bonds is 5. The van der Waals surface area contributed by atoms with E-state index in [-0.39, 0.29) is 12.4 Å². The molecule has 3 rings (SSSR count). The van der Waals surface area contributed by atoms with Crippen molar-refractivity contribution in [2.24, 2.45) is 0 Å². The quantitative estimate of drug-likeness (QED) is 0.718. The maximum atomic E-state index is 5.93. The van der Waals surface area contributed by atoms with Crippen molar-refractivity contribution in [1.29, 1.82) is 0 Å². The number of nitrogens with one attached hydrogen (secondary N) is 1. The molecule has 0 bridgehead atoms. The number of aromatic nitrogens is 1. The molecular formula is C18H17BrClN2O-. The molecule has 0 spiro atoms. The molecule has 0 atom stereocenters. The van der Waals surface area contributed by atoms with E-state index in [0.717, 1.165) is 33.7 Å². The average molecular weight is 393 g/mol. The fraction of sp³-hybridized carbons (Fsp3) is 0.167. The fourth-order valence-corrected chi connectivity index (χ4v) is 2.83. The summed E-state index contributed by atoms with van der Waals surface area (Å²) in [6.45, 7) is 3.56. The number of aryl methyl sites for hydroxylation is 1. The highest BCUT2D eigenvalue weighted by molar-refractivity contribution is 9.10. The van der Waals surface area contributed by atoms with Crippen LogP contribution in [0.15, 0.2) is 63.7 Å². The van der Waals surface area contributed by atoms with Crippen molar-refractivity contribution in [1.82, 2.24) is 10.3 Å². The van der Waals surface area contributed by atoms with Gasteiger partial charge in [0.15, 0.2) is 0 Å². The standard InChI is InChI=1S/C18H17BrN2O.ClH/c1-13-9-15(19)4-6-17(13)18-7-5-16(22-18)12-21-11-14-3-2-8-20-10-14;/h2-10,21H,11-12H2,1H3;1H/p-1. The first-order valence-electron chi connectivity index (χ1n) is 7.17. The highest BCUT2D eigenvalue weighted by Crippen LogP contribution is 2.27. The average Bonchev–Trinajstić information content (AvgIpc) is 2.97. The van der Waals surface area contributed by atoms with Gasteiger partial charge in [0.05, 0.1) is 6.54 Å². The molecule has 2 heterocycles. The van der Waals surface area contributed by atoms with Gasteiger partial charge in [-0.15, -0.1) is 0 Å². The molecule has 0 fully saturated rings. The number of pyridine rings is 1. The molecular weight excluding hydrogens is 376 g/mol. The maximum absolute atomic E-state index is 5.93. The number of halogens is 2. The lowest BCUT2D eigenvalue weighted by molar-refractivity contribution is -0.00000501. The fourth-order valence-electron chi connectivity index (χ4n) is 2.35. The maximum Gasteiger partial charge on any atom is 0.134 e. The van der Waals surface area contributed by atoms with Crippen LogP contribution in [0.25, 0.3) is 11.3 Å². The summed E-state index contributed by atoms with van der Waals surface area (Å²) in [4.78, 5) is 4.10. The zero-order chi connectivity index (χ0) is 15.4. The zero-order valence-corrected chi connectivity index (χ0v) is 15.1. The Balaban J connectivity index is 0.00000192. The van der Waals surface area contributed by atoms with Gasteiger partial charge in [-0.25, -0.2) is 0 Å². The Morgan fingerprint density at radius 1 is 1.13 bits per heavy atom. The van der Waals surface area contributed by atoms with Gasteiger partial charge in [0.2, 0.25) is 0 Å². The molecule has 0 amide bonds. The molecule has 2 aromatic heterocycles. The number of hydrogen-bond acceptors (Lipinski definition) is 3. The van der Waals surface area contributed by atoms with E-state index in [1.165, 1.54) is 5.56 Å². The van der Waals surface area contributed by atoms with Gasteiger partial charge in [-0.3, -0.25) is 4.98 Å². The van der Waals surface area contributed by atoms with Crippen molar-refractivity contribution in [3.63, 3.8) is 0 Å². The molecule has 0 aliphatic rings. The predicted octanol–water partition coefficient (Wildman–Crippen LogP) is 1.71. The normalized spacial score (nSPS) is 10.3. The largest absolute Gasteiger partial charge is 1.00 e. The summed E-state index contributed by atoms with van der Waals surface area (Å²) < 4.78 is 7.02. The van der Waals surface area contributed by atoms with Crippen molar-refractivity contribution in [3.05, 3.63) is 76.2 Å². The zero-order valence-electron chi connectivity index (χ0n) is 12.7. The van der Waals surface area contributed by atoms with Gasteiger partial charge in [0, 0.05) is 29.0 Å². The molecule has 23 heavy (non-hydrogen) atoms. The second-order valence-corrected chi connectivity index (χ2v) is 6.11. The molecule has 1 N–H and O–H groups in total. The Morgan fingerprint density at radius 3 is 2.74 bits per heavy atom. The van der Waals surface area contributed by atoms with Crippen molar-refractivity contribution in [3.8, 4) is 11.3 Å². The molecule has 0 saturated carbocycles. The van der Waals surface area contributed by atoms with Crippen molar-refractivity contribution < 1.29 is 16.8 Å². The number of nitrogens with zero attached hydrogens (tertiary/aromatic N) is 1. The summed E-state index contributed by atoms with van der Waals surface area (Å²) in [5, 5.41) is 3.37. The predicted molar refractivity (Wildman–Crippen MR) is 91.4 cm³/mol. The third-order valence-corrected chi connectivity index (χ3v) is 3.96. The Bertz CT molecular complexity index is 759. The topological polar surface area (TPSA) is 38.1 Å². The van der Waals surface area contributed by atoms with Gasteiger partial charge in [-0.2, -0.15) is 0 Å². The summed E-state index contributed by atoms with van der Waals surface area (Å²) in [7, 11) is 0. The Morgan fingerprint density at radius 2 is 2.00 bits per heavy atom. The van der Waals surface area contributed by atoms with E-state index >= 15 is 0 Å². The van der Waals surface area contributed by atoms with Gasteiger partial charge in [-0.05, 0) is 54.4 Å². The number of furan rings is 1. The first kappa shape index (κ1) is 17.7. The van der Waals surface area contributed by atoms with Crippen molar-refractivity contribution in [2.45, 2.75) is 20.0 Å². The summed E-state index contributed by atoms with van der Waals surface area (Å²) >= 11 is 3.48. The monoisotopic (exact) mass is 391 g/mol. The van der Waals surface area contributed by atoms with Crippen LogP contribution < -0.4 is 17.7 Å². The SMILES string of the molecule is Cc1cc(Br)ccc1-c1ccc(CNCc2cccnc2)o1.[Cl-]. The van der Waals surface area contributed by atoms with Gasteiger partial charge < -0.3 is 22.1 Å². The minimum Gasteiger partial charge on any atom is -1.00 e. The second kappa shape index (κ2) is 8.29. The Hall–Kier alpha value is -1.62. The molecule has 0 aliphatic heterocycles. The van der Waals surface area contributed by atoms with Crippen LogP contribution in [0.1, 0.15) is 16.9 Å². The summed E-state index contributed by atoms with van der Waals surface area (Å²) in [6, 6.07) is 14.2. The second-order valence-electron chi connectivity index (χ2n) is 5.19. The van der Waals surface area contributed by atoms with Gasteiger partial charge >= 0.3 is 0 Å². The third kappa shape index (κ3) is 4.67. The molecule has 5 heteroatoms. The van der Waals surface area contributed by atoms with E-state index < -0.39 is 0 Å². The van der Waals surface area contributed by atoms with Gasteiger partial charge in [0.1, 0.15) is 11.5 Å². The highest BCUT2D eigenvalue weighted by atomic mass is 79.9. The van der Waals surface area contributed by atoms with E-state index in [1.807, 2.05) is 30.5 Å². The van der Waals surface area contributed by atoms with Crippen LogP contribution in [-0.4, -0.2) is 4.98 Å². The van der Waals surface area contributed by atoms with Crippen LogP contribution in [0.5, 0.6) is 0 Å². The lowest BCUT2D eigenvalue weighted by atomic mass is 10.1. The molecule has 3 nitrogen and oxygen atoms in total. The molecule has 0 radical (unpaired) electrons. The van der Waals surface area contributed by atoms with Crippen molar-refractivity contribution >= 4 is 15.9 Å². The molecule has 0 unspecified atom stereocenters. The van der Waals surface area contributed by atoms with E-state index in [2.05, 4.69) is 51.4 Å². The third-order valence-electron chi connectivity index (χ3n) is 3.47. The van der Waals surface area contributed by atoms with Crippen LogP contribution in [-0.2, 0) is 13.1 Å². The lowest BCUT2D eigenvalue weighted by Crippen LogP contribution is -3.00. The molecule has 3 aromatic rings. The van der Waals surface area contributed by atoms with Crippen LogP contribution >= 0.6 is 15.9 Å². The molecule has 1 aromatic carbocycles. The number of hydrogen-bond donors (Lipinski definition) is 1. The summed E-state index contributed by atoms with van der Waals surface area (Å²) in [6.07, 6.45) is 3.65. The van der Waals surface area contributed by atoms with Gasteiger partial charge in [-0.1, -0.05) is 22.0 Å². The van der Waals surface area contributed by atoms with Crippen molar-refractivity contribution in [2.75, 3.05) is 0 Å².